The fraction of sp³-hybridized carbons (Fsp3) is 0. The third kappa shape index (κ3) is 1.58. The van der Waals surface area contributed by atoms with Crippen LogP contribution in [0.15, 0.2) is 55.1 Å². The molecule has 0 fully saturated rings. The van der Waals surface area contributed by atoms with Gasteiger partial charge in [0.15, 0.2) is 5.78 Å². The zero-order chi connectivity index (χ0) is 11.8. The first-order chi connectivity index (χ1) is 8.29. The van der Waals surface area contributed by atoms with Crippen LogP contribution >= 0.6 is 11.3 Å². The quantitative estimate of drug-likeness (QED) is 0.477. The highest BCUT2D eigenvalue weighted by Crippen LogP contribution is 2.34. The number of hydrogen-bond donors (Lipinski definition) is 0. The first kappa shape index (κ1) is 10.2. The van der Waals surface area contributed by atoms with Crippen molar-refractivity contribution in [3.63, 3.8) is 0 Å². The lowest BCUT2D eigenvalue weighted by Crippen LogP contribution is -1.91. The lowest BCUT2D eigenvalue weighted by molar-refractivity contribution is 0.104. The summed E-state index contributed by atoms with van der Waals surface area (Å²) in [6.45, 7) is 3.52. The molecule has 0 aliphatic heterocycles. The normalized spacial score (nSPS) is 10.8. The van der Waals surface area contributed by atoms with E-state index < -0.39 is 0 Å². The second-order valence-corrected chi connectivity index (χ2v) is 4.96. The van der Waals surface area contributed by atoms with Crippen molar-refractivity contribution in [3.8, 4) is 0 Å². The molecule has 82 valence electrons. The van der Waals surface area contributed by atoms with Gasteiger partial charge in [-0.2, -0.15) is 0 Å². The summed E-state index contributed by atoms with van der Waals surface area (Å²) in [5.74, 6) is -0.0258. The maximum Gasteiger partial charge on any atom is 0.185 e. The van der Waals surface area contributed by atoms with E-state index in [0.29, 0.717) is 5.56 Å². The van der Waals surface area contributed by atoms with Gasteiger partial charge >= 0.3 is 0 Å². The van der Waals surface area contributed by atoms with E-state index in [1.54, 1.807) is 11.3 Å². The molecule has 0 saturated heterocycles. The van der Waals surface area contributed by atoms with Crippen molar-refractivity contribution in [2.24, 2.45) is 0 Å². The van der Waals surface area contributed by atoms with Gasteiger partial charge in [0.25, 0.3) is 0 Å². The van der Waals surface area contributed by atoms with E-state index >= 15 is 0 Å². The van der Waals surface area contributed by atoms with Crippen molar-refractivity contribution in [1.82, 2.24) is 0 Å². The molecule has 0 unspecified atom stereocenters. The molecule has 0 spiro atoms. The summed E-state index contributed by atoms with van der Waals surface area (Å²) >= 11 is 1.75. The molecule has 1 nitrogen and oxygen atoms in total. The number of ketones is 1. The largest absolute Gasteiger partial charge is 0.289 e. The van der Waals surface area contributed by atoms with Gasteiger partial charge in [-0.3, -0.25) is 4.79 Å². The summed E-state index contributed by atoms with van der Waals surface area (Å²) in [6.07, 6.45) is 1.36. The zero-order valence-corrected chi connectivity index (χ0v) is 9.96. The van der Waals surface area contributed by atoms with Crippen molar-refractivity contribution in [2.45, 2.75) is 0 Å². The second kappa shape index (κ2) is 3.82. The Kier molecular flexibility index (Phi) is 2.30. The van der Waals surface area contributed by atoms with Gasteiger partial charge in [0.1, 0.15) is 0 Å². The Balaban J connectivity index is 2.37. The van der Waals surface area contributed by atoms with E-state index in [2.05, 4.69) is 18.7 Å². The Morgan fingerprint density at radius 1 is 1.06 bits per heavy atom. The first-order valence-corrected chi connectivity index (χ1v) is 6.19. The number of benzene rings is 2. The molecular formula is C15H10OS. The van der Waals surface area contributed by atoms with Crippen molar-refractivity contribution >= 4 is 37.3 Å². The maximum atomic E-state index is 11.6. The van der Waals surface area contributed by atoms with Crippen LogP contribution in [0.4, 0.5) is 0 Å². The molecule has 0 N–H and O–H groups in total. The van der Waals surface area contributed by atoms with Crippen LogP contribution in [0, 0.1) is 0 Å². The molecule has 17 heavy (non-hydrogen) atoms. The highest BCUT2D eigenvalue weighted by atomic mass is 32.1. The van der Waals surface area contributed by atoms with Gasteiger partial charge in [-0.05, 0) is 30.3 Å². The number of allylic oxidation sites excluding steroid dienone is 1. The first-order valence-electron chi connectivity index (χ1n) is 5.37. The highest BCUT2D eigenvalue weighted by molar-refractivity contribution is 7.25. The van der Waals surface area contributed by atoms with Crippen molar-refractivity contribution in [1.29, 1.82) is 0 Å². The lowest BCUT2D eigenvalue weighted by Gasteiger charge is -1.96. The van der Waals surface area contributed by atoms with E-state index in [0.717, 1.165) is 5.39 Å². The molecule has 0 saturated carbocycles. The van der Waals surface area contributed by atoms with Crippen LogP contribution in [0.5, 0.6) is 0 Å². The zero-order valence-electron chi connectivity index (χ0n) is 9.14. The molecule has 0 aliphatic carbocycles. The van der Waals surface area contributed by atoms with Gasteiger partial charge in [0.2, 0.25) is 0 Å². The predicted octanol–water partition coefficient (Wildman–Crippen LogP) is 4.42. The summed E-state index contributed by atoms with van der Waals surface area (Å²) in [6, 6.07) is 14.1. The second-order valence-electron chi connectivity index (χ2n) is 3.88. The van der Waals surface area contributed by atoms with Crippen molar-refractivity contribution in [3.05, 3.63) is 60.7 Å². The highest BCUT2D eigenvalue weighted by Gasteiger charge is 2.07. The number of rotatable bonds is 2. The monoisotopic (exact) mass is 238 g/mol. The van der Waals surface area contributed by atoms with Crippen molar-refractivity contribution in [2.75, 3.05) is 0 Å². The molecule has 0 bridgehead atoms. The molecule has 0 amide bonds. The molecule has 3 rings (SSSR count). The summed E-state index contributed by atoms with van der Waals surface area (Å²) in [5, 5.41) is 2.37. The van der Waals surface area contributed by atoms with E-state index in [9.17, 15) is 4.79 Å². The number of carbonyl (C=O) groups is 1. The summed E-state index contributed by atoms with van der Waals surface area (Å²) in [4.78, 5) is 11.6. The Labute approximate surface area is 103 Å². The average molecular weight is 238 g/mol. The molecule has 0 aliphatic rings. The molecule has 1 aromatic heterocycles. The van der Waals surface area contributed by atoms with Crippen LogP contribution in [0.25, 0.3) is 20.2 Å². The third-order valence-electron chi connectivity index (χ3n) is 2.85. The van der Waals surface area contributed by atoms with E-state index in [1.165, 1.54) is 20.9 Å². The van der Waals surface area contributed by atoms with E-state index in [4.69, 9.17) is 0 Å². The minimum Gasteiger partial charge on any atom is -0.289 e. The lowest BCUT2D eigenvalue weighted by atomic mass is 10.1. The summed E-state index contributed by atoms with van der Waals surface area (Å²) in [5.41, 5.74) is 0.705. The SMILES string of the molecule is C=CC(=O)c1ccc2sc3ccccc3c2c1. The van der Waals surface area contributed by atoms with Gasteiger partial charge in [0, 0.05) is 25.7 Å². The van der Waals surface area contributed by atoms with Gasteiger partial charge in [-0.25, -0.2) is 0 Å². The summed E-state index contributed by atoms with van der Waals surface area (Å²) < 4.78 is 2.47. The smallest absolute Gasteiger partial charge is 0.185 e. The van der Waals surface area contributed by atoms with E-state index in [1.807, 2.05) is 30.3 Å². The molecule has 2 heteroatoms. The Morgan fingerprint density at radius 3 is 2.65 bits per heavy atom. The molecular weight excluding hydrogens is 228 g/mol. The molecule has 0 radical (unpaired) electrons. The fourth-order valence-corrected chi connectivity index (χ4v) is 3.08. The van der Waals surface area contributed by atoms with Crippen LogP contribution in [0.2, 0.25) is 0 Å². The van der Waals surface area contributed by atoms with Crippen molar-refractivity contribution < 1.29 is 4.79 Å². The van der Waals surface area contributed by atoms with Gasteiger partial charge in [0.05, 0.1) is 0 Å². The minimum absolute atomic E-state index is 0.0258. The Hall–Kier alpha value is -1.93. The van der Waals surface area contributed by atoms with Crippen LogP contribution in [0.3, 0.4) is 0 Å². The molecule has 0 atom stereocenters. The standard InChI is InChI=1S/C15H10OS/c1-2-13(16)10-7-8-15-12(9-10)11-5-3-4-6-14(11)17-15/h2-9H,1H2. The number of thiophene rings is 1. The van der Waals surface area contributed by atoms with Gasteiger partial charge in [-0.1, -0.05) is 24.8 Å². The topological polar surface area (TPSA) is 17.1 Å². The Morgan fingerprint density at radius 2 is 1.82 bits per heavy atom. The van der Waals surface area contributed by atoms with Gasteiger partial charge < -0.3 is 0 Å². The number of hydrogen-bond acceptors (Lipinski definition) is 2. The maximum absolute atomic E-state index is 11.6. The third-order valence-corrected chi connectivity index (χ3v) is 4.00. The minimum atomic E-state index is -0.0258. The Bertz CT molecular complexity index is 737. The van der Waals surface area contributed by atoms with Crippen LogP contribution in [-0.4, -0.2) is 5.78 Å². The summed E-state index contributed by atoms with van der Waals surface area (Å²) in [7, 11) is 0. The average Bonchev–Trinajstić information content (AvgIpc) is 2.75. The van der Waals surface area contributed by atoms with Crippen LogP contribution < -0.4 is 0 Å². The number of carbonyl (C=O) groups excluding carboxylic acids is 1. The van der Waals surface area contributed by atoms with Gasteiger partial charge in [-0.15, -0.1) is 11.3 Å². The molecule has 2 aromatic carbocycles. The number of fused-ring (bicyclic) bond motifs is 3. The van der Waals surface area contributed by atoms with Crippen LogP contribution in [-0.2, 0) is 0 Å². The fourth-order valence-electron chi connectivity index (χ4n) is 2.00. The molecule has 1 heterocycles. The van der Waals surface area contributed by atoms with E-state index in [-0.39, 0.29) is 5.78 Å². The van der Waals surface area contributed by atoms with Crippen LogP contribution in [0.1, 0.15) is 10.4 Å². The predicted molar refractivity (Wildman–Crippen MR) is 73.9 cm³/mol. The molecule has 3 aromatic rings.